The topological polar surface area (TPSA) is 88.8 Å². The van der Waals surface area contributed by atoms with E-state index in [1.165, 1.54) is 0 Å². The molecule has 0 aliphatic rings. The molecular formula is C19H17NO5. The van der Waals surface area contributed by atoms with Gasteiger partial charge in [0.15, 0.2) is 6.61 Å². The number of nitriles is 1. The first-order valence-electron chi connectivity index (χ1n) is 7.35. The fourth-order valence-corrected chi connectivity index (χ4v) is 2.12. The van der Waals surface area contributed by atoms with Gasteiger partial charge in [-0.25, -0.2) is 4.79 Å². The van der Waals surface area contributed by atoms with Gasteiger partial charge in [-0.1, -0.05) is 12.1 Å². The zero-order valence-electron chi connectivity index (χ0n) is 13.9. The van der Waals surface area contributed by atoms with E-state index in [0.29, 0.717) is 28.4 Å². The molecule has 0 saturated heterocycles. The van der Waals surface area contributed by atoms with Crippen molar-refractivity contribution in [3.8, 4) is 23.3 Å². The van der Waals surface area contributed by atoms with E-state index in [1.807, 2.05) is 0 Å². The Morgan fingerprint density at radius 1 is 1.08 bits per heavy atom. The number of allylic oxidation sites excluding steroid dienone is 1. The maximum absolute atomic E-state index is 10.5. The number of ether oxygens (including phenoxy) is 3. The zero-order chi connectivity index (χ0) is 18.2. The van der Waals surface area contributed by atoms with Crippen LogP contribution in [0.5, 0.6) is 17.2 Å². The highest BCUT2D eigenvalue weighted by atomic mass is 16.5. The third-order valence-corrected chi connectivity index (χ3v) is 3.34. The molecule has 2 aromatic rings. The van der Waals surface area contributed by atoms with Gasteiger partial charge in [0.2, 0.25) is 0 Å². The Labute approximate surface area is 145 Å². The molecule has 25 heavy (non-hydrogen) atoms. The minimum absolute atomic E-state index is 0.401. The van der Waals surface area contributed by atoms with Crippen molar-refractivity contribution in [3.05, 3.63) is 53.6 Å². The van der Waals surface area contributed by atoms with Crippen molar-refractivity contribution in [1.82, 2.24) is 0 Å². The van der Waals surface area contributed by atoms with E-state index >= 15 is 0 Å². The van der Waals surface area contributed by atoms with Gasteiger partial charge in [-0.15, -0.1) is 0 Å². The summed E-state index contributed by atoms with van der Waals surface area (Å²) in [5.74, 6) is 0.588. The van der Waals surface area contributed by atoms with E-state index in [4.69, 9.17) is 19.3 Å². The van der Waals surface area contributed by atoms with Crippen LogP contribution >= 0.6 is 0 Å². The summed E-state index contributed by atoms with van der Waals surface area (Å²) in [6, 6.07) is 14.2. The minimum Gasteiger partial charge on any atom is -0.497 e. The average molecular weight is 339 g/mol. The highest BCUT2D eigenvalue weighted by Crippen LogP contribution is 2.28. The molecule has 2 rings (SSSR count). The van der Waals surface area contributed by atoms with Gasteiger partial charge in [0.25, 0.3) is 0 Å². The van der Waals surface area contributed by atoms with Crippen molar-refractivity contribution in [1.29, 1.82) is 5.26 Å². The number of nitrogens with zero attached hydrogens (tertiary/aromatic N) is 1. The van der Waals surface area contributed by atoms with Crippen molar-refractivity contribution >= 4 is 17.6 Å². The van der Waals surface area contributed by atoms with Gasteiger partial charge < -0.3 is 19.3 Å². The Hall–Kier alpha value is -3.46. The molecule has 0 amide bonds. The molecule has 0 bridgehead atoms. The minimum atomic E-state index is -1.04. The molecule has 6 heteroatoms. The largest absolute Gasteiger partial charge is 0.497 e. The van der Waals surface area contributed by atoms with E-state index < -0.39 is 12.6 Å². The molecule has 1 N–H and O–H groups in total. The van der Waals surface area contributed by atoms with E-state index in [-0.39, 0.29) is 0 Å². The molecule has 2 aromatic carbocycles. The van der Waals surface area contributed by atoms with Crippen molar-refractivity contribution in [2.24, 2.45) is 0 Å². The zero-order valence-corrected chi connectivity index (χ0v) is 13.9. The van der Waals surface area contributed by atoms with Crippen LogP contribution in [0, 0.1) is 11.3 Å². The number of carboxylic acids is 1. The lowest BCUT2D eigenvalue weighted by Gasteiger charge is -2.08. The summed E-state index contributed by atoms with van der Waals surface area (Å²) >= 11 is 0. The number of benzene rings is 2. The average Bonchev–Trinajstić information content (AvgIpc) is 2.64. The summed E-state index contributed by atoms with van der Waals surface area (Å²) in [4.78, 5) is 10.5. The Morgan fingerprint density at radius 2 is 1.68 bits per heavy atom. The fourth-order valence-electron chi connectivity index (χ4n) is 2.12. The first-order valence-corrected chi connectivity index (χ1v) is 7.35. The Balaban J connectivity index is 2.28. The third kappa shape index (κ3) is 5.01. The summed E-state index contributed by atoms with van der Waals surface area (Å²) in [5.41, 5.74) is 1.89. The summed E-state index contributed by atoms with van der Waals surface area (Å²) < 4.78 is 15.5. The van der Waals surface area contributed by atoms with E-state index in [2.05, 4.69) is 6.07 Å². The smallest absolute Gasteiger partial charge is 0.341 e. The van der Waals surface area contributed by atoms with Crippen molar-refractivity contribution in [2.45, 2.75) is 0 Å². The lowest BCUT2D eigenvalue weighted by molar-refractivity contribution is -0.139. The predicted molar refractivity (Wildman–Crippen MR) is 92.6 cm³/mol. The number of hydrogen-bond donors (Lipinski definition) is 1. The number of carboxylic acid groups (broad SMARTS) is 1. The van der Waals surface area contributed by atoms with Crippen LogP contribution in [0.25, 0.3) is 11.6 Å². The molecule has 0 unspecified atom stereocenters. The Kier molecular flexibility index (Phi) is 6.02. The van der Waals surface area contributed by atoms with E-state index in [1.54, 1.807) is 62.8 Å². The highest BCUT2D eigenvalue weighted by molar-refractivity contribution is 5.90. The Morgan fingerprint density at radius 3 is 2.16 bits per heavy atom. The Bertz CT molecular complexity index is 796. The van der Waals surface area contributed by atoms with Crippen LogP contribution in [0.4, 0.5) is 0 Å². The lowest BCUT2D eigenvalue weighted by atomic mass is 10.0. The molecule has 0 saturated carbocycles. The molecule has 0 aliphatic carbocycles. The number of methoxy groups -OCH3 is 2. The molecule has 0 heterocycles. The van der Waals surface area contributed by atoms with E-state index in [9.17, 15) is 10.1 Å². The SMILES string of the molecule is COc1cc(OC)cc(/C(C#N)=C/c2ccc(OCC(=O)O)cc2)c1. The standard InChI is InChI=1S/C19H17NO5/c1-23-17-8-14(9-18(10-17)24-2)15(11-20)7-13-3-5-16(6-4-13)25-12-19(21)22/h3-10H,12H2,1-2H3,(H,21,22)/b15-7+. The second-order valence-electron chi connectivity index (χ2n) is 5.02. The van der Waals surface area contributed by atoms with Crippen molar-refractivity contribution in [3.63, 3.8) is 0 Å². The molecule has 0 fully saturated rings. The van der Waals surface area contributed by atoms with Crippen LogP contribution in [-0.2, 0) is 4.79 Å². The van der Waals surface area contributed by atoms with Crippen LogP contribution in [0.15, 0.2) is 42.5 Å². The van der Waals surface area contributed by atoms with Gasteiger partial charge in [-0.05, 0) is 41.5 Å². The van der Waals surface area contributed by atoms with Gasteiger partial charge in [-0.3, -0.25) is 0 Å². The van der Waals surface area contributed by atoms with Gasteiger partial charge in [-0.2, -0.15) is 5.26 Å². The van der Waals surface area contributed by atoms with Gasteiger partial charge >= 0.3 is 5.97 Å². The van der Waals surface area contributed by atoms with E-state index in [0.717, 1.165) is 5.56 Å². The van der Waals surface area contributed by atoms with Crippen molar-refractivity contribution < 1.29 is 24.1 Å². The van der Waals surface area contributed by atoms with Gasteiger partial charge in [0, 0.05) is 6.07 Å². The predicted octanol–water partition coefficient (Wildman–Crippen LogP) is 3.23. The normalized spacial score (nSPS) is 10.7. The molecule has 0 aromatic heterocycles. The van der Waals surface area contributed by atoms with Gasteiger partial charge in [0.05, 0.1) is 25.9 Å². The highest BCUT2D eigenvalue weighted by Gasteiger charge is 2.07. The molecule has 0 spiro atoms. The second kappa shape index (κ2) is 8.41. The number of rotatable bonds is 7. The molecule has 0 aliphatic heterocycles. The quantitative estimate of drug-likeness (QED) is 0.615. The maximum Gasteiger partial charge on any atom is 0.341 e. The van der Waals surface area contributed by atoms with Crippen LogP contribution in [0.1, 0.15) is 11.1 Å². The van der Waals surface area contributed by atoms with Crippen LogP contribution in [-0.4, -0.2) is 31.9 Å². The summed E-state index contributed by atoms with van der Waals surface area (Å²) in [5, 5.41) is 18.1. The molecular weight excluding hydrogens is 322 g/mol. The number of carbonyl (C=O) groups is 1. The molecule has 0 atom stereocenters. The third-order valence-electron chi connectivity index (χ3n) is 3.34. The monoisotopic (exact) mass is 339 g/mol. The second-order valence-corrected chi connectivity index (χ2v) is 5.02. The summed E-state index contributed by atoms with van der Waals surface area (Å²) in [7, 11) is 3.09. The molecule has 6 nitrogen and oxygen atoms in total. The first-order chi connectivity index (χ1) is 12.0. The first kappa shape index (κ1) is 17.9. The summed E-state index contributed by atoms with van der Waals surface area (Å²) in [6.07, 6.45) is 1.72. The van der Waals surface area contributed by atoms with Crippen LogP contribution in [0.3, 0.4) is 0 Å². The van der Waals surface area contributed by atoms with Gasteiger partial charge in [0.1, 0.15) is 17.2 Å². The lowest BCUT2D eigenvalue weighted by Crippen LogP contribution is -2.09. The number of hydrogen-bond acceptors (Lipinski definition) is 5. The number of aliphatic carboxylic acids is 1. The van der Waals surface area contributed by atoms with Crippen LogP contribution < -0.4 is 14.2 Å². The maximum atomic E-state index is 10.5. The van der Waals surface area contributed by atoms with Crippen molar-refractivity contribution in [2.75, 3.05) is 20.8 Å². The fraction of sp³-hybridized carbons (Fsp3) is 0.158. The van der Waals surface area contributed by atoms with Crippen LogP contribution in [0.2, 0.25) is 0 Å². The summed E-state index contributed by atoms with van der Waals surface area (Å²) in [6.45, 7) is -0.401. The molecule has 0 radical (unpaired) electrons. The molecule has 128 valence electrons.